The lowest BCUT2D eigenvalue weighted by Gasteiger charge is -2.16. The van der Waals surface area contributed by atoms with Gasteiger partial charge in [-0.3, -0.25) is 4.79 Å². The van der Waals surface area contributed by atoms with Gasteiger partial charge in [0.2, 0.25) is 0 Å². The maximum atomic E-state index is 11.7. The first kappa shape index (κ1) is 14.2. The highest BCUT2D eigenvalue weighted by atomic mass is 79.9. The minimum Gasteiger partial charge on any atom is -0.399 e. The maximum absolute atomic E-state index is 11.7. The van der Waals surface area contributed by atoms with Crippen LogP contribution in [0.25, 0.3) is 0 Å². The summed E-state index contributed by atoms with van der Waals surface area (Å²) in [5.74, 6) is 0.397. The molecule has 0 radical (unpaired) electrons. The maximum Gasteiger partial charge on any atom is 0.141 e. The lowest BCUT2D eigenvalue weighted by molar-refractivity contribution is -0.120. The Labute approximate surface area is 111 Å². The molecule has 0 heterocycles. The van der Waals surface area contributed by atoms with Crippen molar-refractivity contribution in [1.29, 1.82) is 0 Å². The molecule has 3 nitrogen and oxygen atoms in total. The third-order valence-electron chi connectivity index (χ3n) is 2.69. The predicted molar refractivity (Wildman–Crippen MR) is 73.2 cm³/mol. The van der Waals surface area contributed by atoms with Crippen molar-refractivity contribution in [3.63, 3.8) is 0 Å². The Bertz CT molecular complexity index is 370. The van der Waals surface area contributed by atoms with Crippen molar-refractivity contribution >= 4 is 27.4 Å². The lowest BCUT2D eigenvalue weighted by Crippen LogP contribution is -2.20. The largest absolute Gasteiger partial charge is 0.399 e. The van der Waals surface area contributed by atoms with E-state index in [4.69, 9.17) is 4.84 Å². The molecule has 0 aliphatic heterocycles. The van der Waals surface area contributed by atoms with Gasteiger partial charge in [-0.25, -0.2) is 0 Å². The molecule has 1 aliphatic rings. The van der Waals surface area contributed by atoms with Crippen molar-refractivity contribution in [3.05, 3.63) is 22.7 Å². The SMILES string of the molecule is CO/N=C(\CC(=O)C(C)C)C1C=CC(Br)=CC1. The number of nitrogens with zero attached hydrogens (tertiary/aromatic N) is 1. The molecule has 0 fully saturated rings. The minimum atomic E-state index is 0.0342. The number of halogens is 1. The average molecular weight is 300 g/mol. The number of rotatable bonds is 5. The number of carbonyl (C=O) groups is 1. The molecule has 0 amide bonds. The standard InChI is InChI=1S/C13H18BrNO2/c1-9(2)13(16)8-12(15-17-3)10-4-6-11(14)7-5-10/h4,6-7,9-10H,5,8H2,1-3H3/b15-12+. The molecule has 0 N–H and O–H groups in total. The van der Waals surface area contributed by atoms with Crippen molar-refractivity contribution in [3.8, 4) is 0 Å². The van der Waals surface area contributed by atoms with Crippen LogP contribution >= 0.6 is 15.9 Å². The van der Waals surface area contributed by atoms with Crippen molar-refractivity contribution in [2.75, 3.05) is 7.11 Å². The van der Waals surface area contributed by atoms with Crippen LogP contribution in [0.2, 0.25) is 0 Å². The molecule has 4 heteroatoms. The molecular formula is C13H18BrNO2. The fraction of sp³-hybridized carbons (Fsp3) is 0.538. The Balaban J connectivity index is 2.72. The van der Waals surface area contributed by atoms with Crippen LogP contribution < -0.4 is 0 Å². The molecule has 0 spiro atoms. The van der Waals surface area contributed by atoms with Crippen LogP contribution in [-0.4, -0.2) is 18.6 Å². The molecule has 0 aromatic rings. The van der Waals surface area contributed by atoms with Gasteiger partial charge in [0.25, 0.3) is 0 Å². The van der Waals surface area contributed by atoms with Crippen molar-refractivity contribution in [2.24, 2.45) is 17.0 Å². The molecule has 0 bridgehead atoms. The van der Waals surface area contributed by atoms with Crippen LogP contribution in [0, 0.1) is 11.8 Å². The summed E-state index contributed by atoms with van der Waals surface area (Å²) in [7, 11) is 1.51. The first-order valence-corrected chi connectivity index (χ1v) is 6.50. The average Bonchev–Trinajstić information content (AvgIpc) is 2.29. The molecule has 0 saturated heterocycles. The van der Waals surface area contributed by atoms with Crippen LogP contribution in [0.15, 0.2) is 27.9 Å². The Morgan fingerprint density at radius 2 is 2.35 bits per heavy atom. The van der Waals surface area contributed by atoms with Gasteiger partial charge < -0.3 is 4.84 Å². The number of hydrogen-bond acceptors (Lipinski definition) is 3. The van der Waals surface area contributed by atoms with Crippen molar-refractivity contribution < 1.29 is 9.63 Å². The van der Waals surface area contributed by atoms with Crippen LogP contribution in [0.1, 0.15) is 26.7 Å². The highest BCUT2D eigenvalue weighted by Gasteiger charge is 2.20. The second-order valence-electron chi connectivity index (χ2n) is 4.35. The number of hydrogen-bond donors (Lipinski definition) is 0. The first-order chi connectivity index (χ1) is 8.04. The zero-order valence-electron chi connectivity index (χ0n) is 10.4. The molecule has 1 unspecified atom stereocenters. The summed E-state index contributed by atoms with van der Waals surface area (Å²) in [4.78, 5) is 16.6. The van der Waals surface area contributed by atoms with E-state index in [1.165, 1.54) is 7.11 Å². The van der Waals surface area contributed by atoms with Gasteiger partial charge in [0, 0.05) is 22.7 Å². The smallest absolute Gasteiger partial charge is 0.141 e. The third kappa shape index (κ3) is 4.46. The summed E-state index contributed by atoms with van der Waals surface area (Å²) < 4.78 is 1.07. The zero-order chi connectivity index (χ0) is 12.8. The highest BCUT2D eigenvalue weighted by molar-refractivity contribution is 9.11. The number of ketones is 1. The van der Waals surface area contributed by atoms with Crippen LogP contribution in [-0.2, 0) is 9.63 Å². The molecular weight excluding hydrogens is 282 g/mol. The molecule has 0 aromatic carbocycles. The Hall–Kier alpha value is -0.900. The van der Waals surface area contributed by atoms with E-state index in [1.54, 1.807) is 0 Å². The summed E-state index contributed by atoms with van der Waals surface area (Å²) in [5.41, 5.74) is 0.804. The first-order valence-electron chi connectivity index (χ1n) is 5.71. The molecule has 1 aliphatic carbocycles. The lowest BCUT2D eigenvalue weighted by atomic mass is 9.90. The van der Waals surface area contributed by atoms with Gasteiger partial charge in [0.15, 0.2) is 0 Å². The Morgan fingerprint density at radius 3 is 2.82 bits per heavy atom. The van der Waals surface area contributed by atoms with E-state index in [0.29, 0.717) is 6.42 Å². The van der Waals surface area contributed by atoms with Gasteiger partial charge in [-0.2, -0.15) is 0 Å². The normalized spacial score (nSPS) is 20.4. The Morgan fingerprint density at radius 1 is 1.65 bits per heavy atom. The van der Waals surface area contributed by atoms with E-state index in [9.17, 15) is 4.79 Å². The van der Waals surface area contributed by atoms with Gasteiger partial charge >= 0.3 is 0 Å². The van der Waals surface area contributed by atoms with Gasteiger partial charge in [-0.1, -0.05) is 53.2 Å². The minimum absolute atomic E-state index is 0.0342. The van der Waals surface area contributed by atoms with Crippen molar-refractivity contribution in [2.45, 2.75) is 26.7 Å². The van der Waals surface area contributed by atoms with Crippen LogP contribution in [0.5, 0.6) is 0 Å². The molecule has 1 rings (SSSR count). The number of carbonyl (C=O) groups excluding carboxylic acids is 1. The molecule has 94 valence electrons. The van der Waals surface area contributed by atoms with Crippen LogP contribution in [0.4, 0.5) is 0 Å². The topological polar surface area (TPSA) is 38.7 Å². The number of Topliss-reactive ketones (excluding diaryl/α,β-unsaturated/α-hetero) is 1. The van der Waals surface area contributed by atoms with Gasteiger partial charge in [0.1, 0.15) is 12.9 Å². The summed E-state index contributed by atoms with van der Waals surface area (Å²) in [6.07, 6.45) is 7.33. The fourth-order valence-electron chi connectivity index (χ4n) is 1.57. The second kappa shape index (κ2) is 6.74. The Kier molecular flexibility index (Phi) is 5.62. The monoisotopic (exact) mass is 299 g/mol. The van der Waals surface area contributed by atoms with E-state index < -0.39 is 0 Å². The van der Waals surface area contributed by atoms with E-state index in [2.05, 4.69) is 33.2 Å². The van der Waals surface area contributed by atoms with E-state index >= 15 is 0 Å². The van der Waals surface area contributed by atoms with E-state index in [1.807, 2.05) is 19.9 Å². The summed E-state index contributed by atoms with van der Waals surface area (Å²) in [5, 5.41) is 4.00. The molecule has 0 saturated carbocycles. The van der Waals surface area contributed by atoms with Gasteiger partial charge in [-0.05, 0) is 6.42 Å². The van der Waals surface area contributed by atoms with Gasteiger partial charge in [0.05, 0.1) is 5.71 Å². The second-order valence-corrected chi connectivity index (χ2v) is 5.27. The summed E-state index contributed by atoms with van der Waals surface area (Å²) in [6, 6.07) is 0. The number of allylic oxidation sites excluding steroid dienone is 4. The summed E-state index contributed by atoms with van der Waals surface area (Å²) >= 11 is 3.41. The van der Waals surface area contributed by atoms with E-state index in [-0.39, 0.29) is 17.6 Å². The van der Waals surface area contributed by atoms with E-state index in [0.717, 1.165) is 16.6 Å². The third-order valence-corrected chi connectivity index (χ3v) is 3.28. The predicted octanol–water partition coefficient (Wildman–Crippen LogP) is 3.46. The zero-order valence-corrected chi connectivity index (χ0v) is 12.0. The molecule has 0 aromatic heterocycles. The van der Waals surface area contributed by atoms with Crippen molar-refractivity contribution in [1.82, 2.24) is 0 Å². The summed E-state index contributed by atoms with van der Waals surface area (Å²) in [6.45, 7) is 3.81. The quantitative estimate of drug-likeness (QED) is 0.576. The number of oxime groups is 1. The molecule has 17 heavy (non-hydrogen) atoms. The van der Waals surface area contributed by atoms with Crippen LogP contribution in [0.3, 0.4) is 0 Å². The fourth-order valence-corrected chi connectivity index (χ4v) is 1.91. The molecule has 1 atom stereocenters. The van der Waals surface area contributed by atoms with Gasteiger partial charge in [-0.15, -0.1) is 0 Å². The highest BCUT2D eigenvalue weighted by Crippen LogP contribution is 2.23.